The van der Waals surface area contributed by atoms with Crippen LogP contribution in [0.5, 0.6) is 0 Å². The molecule has 2 aliphatic heterocycles. The minimum Gasteiger partial charge on any atom is -0.361 e. The van der Waals surface area contributed by atoms with Crippen molar-refractivity contribution >= 4 is 32.3 Å². The Morgan fingerprint density at radius 2 is 1.90 bits per heavy atom. The van der Waals surface area contributed by atoms with Crippen molar-refractivity contribution in [3.8, 4) is 11.1 Å². The number of H-pyrrole nitrogens is 1. The van der Waals surface area contributed by atoms with Crippen LogP contribution < -0.4 is 5.73 Å². The lowest BCUT2D eigenvalue weighted by molar-refractivity contribution is 0.236. The number of hydrogen-bond donors (Lipinski definition) is 2. The van der Waals surface area contributed by atoms with Crippen molar-refractivity contribution in [2.75, 3.05) is 45.5 Å². The number of nitrogens with zero attached hydrogens (tertiary/aromatic N) is 3. The first-order chi connectivity index (χ1) is 18.7. The Bertz CT molecular complexity index is 1370. The Kier molecular flexibility index (Phi) is 8.86. The lowest BCUT2D eigenvalue weighted by Crippen LogP contribution is -2.38. The molecule has 214 valence electrons. The van der Waals surface area contributed by atoms with E-state index in [1.54, 1.807) is 11.2 Å². The molecule has 0 saturated carbocycles. The topological polar surface area (TPSA) is 85.7 Å². The van der Waals surface area contributed by atoms with Gasteiger partial charge in [-0.15, -0.1) is 11.3 Å². The Morgan fingerprint density at radius 1 is 1.13 bits per heavy atom. The lowest BCUT2D eigenvalue weighted by atomic mass is 9.88. The third kappa shape index (κ3) is 6.29. The zero-order valence-corrected chi connectivity index (χ0v) is 25.6. The second-order valence-electron chi connectivity index (χ2n) is 11.8. The molecule has 2 saturated heterocycles. The van der Waals surface area contributed by atoms with Crippen molar-refractivity contribution in [2.45, 2.75) is 65.1 Å². The summed E-state index contributed by atoms with van der Waals surface area (Å²) in [5.41, 5.74) is 12.2. The highest BCUT2D eigenvalue weighted by atomic mass is 32.2. The zero-order valence-electron chi connectivity index (χ0n) is 23.9. The molecule has 1 atom stereocenters. The normalized spacial score (nSPS) is 20.2. The van der Waals surface area contributed by atoms with Crippen LogP contribution in [0.4, 0.5) is 0 Å². The molecule has 3 N–H and O–H groups in total. The molecule has 4 heterocycles. The van der Waals surface area contributed by atoms with Crippen LogP contribution in [0.25, 0.3) is 22.0 Å². The first-order valence-electron chi connectivity index (χ1n) is 14.5. The summed E-state index contributed by atoms with van der Waals surface area (Å²) < 4.78 is 26.3. The number of benzene rings is 1. The van der Waals surface area contributed by atoms with Crippen molar-refractivity contribution < 1.29 is 8.42 Å². The van der Waals surface area contributed by atoms with Crippen molar-refractivity contribution in [1.29, 1.82) is 0 Å². The van der Waals surface area contributed by atoms with E-state index in [2.05, 4.69) is 65.5 Å². The number of piperidine rings is 1. The number of aromatic nitrogens is 1. The number of rotatable bonds is 10. The second-order valence-corrected chi connectivity index (χ2v) is 15.1. The SMILES string of the molecule is CCS(=O)(=O)N1CCC(c2c[nH]c3c(CN)cc(-c4csc(CN(C)CC5CCN(C(C)C)C5)c4)cc23)CC1. The molecule has 0 amide bonds. The lowest BCUT2D eigenvalue weighted by Gasteiger charge is -2.31. The Morgan fingerprint density at radius 3 is 2.56 bits per heavy atom. The van der Waals surface area contributed by atoms with E-state index in [4.69, 9.17) is 5.73 Å². The number of sulfonamides is 1. The molecule has 2 aromatic heterocycles. The predicted octanol–water partition coefficient (Wildman–Crippen LogP) is 5.05. The maximum Gasteiger partial charge on any atom is 0.213 e. The molecule has 0 bridgehead atoms. The molecule has 1 unspecified atom stereocenters. The van der Waals surface area contributed by atoms with Crippen molar-refractivity contribution in [1.82, 2.24) is 19.1 Å². The minimum absolute atomic E-state index is 0.170. The highest BCUT2D eigenvalue weighted by Crippen LogP contribution is 2.38. The highest BCUT2D eigenvalue weighted by Gasteiger charge is 2.29. The second kappa shape index (κ2) is 12.0. The van der Waals surface area contributed by atoms with Crippen LogP contribution in [-0.4, -0.2) is 79.1 Å². The number of nitrogens with two attached hydrogens (primary N) is 1. The van der Waals surface area contributed by atoms with Crippen molar-refractivity contribution in [3.05, 3.63) is 45.8 Å². The van der Waals surface area contributed by atoms with Gasteiger partial charge in [-0.05, 0) is 111 Å². The van der Waals surface area contributed by atoms with E-state index in [-0.39, 0.29) is 5.75 Å². The third-order valence-electron chi connectivity index (χ3n) is 8.81. The molecule has 0 spiro atoms. The van der Waals surface area contributed by atoms with E-state index in [1.807, 2.05) is 11.3 Å². The third-order valence-corrected chi connectivity index (χ3v) is 11.6. The molecule has 2 aliphatic rings. The fraction of sp³-hybridized carbons (Fsp3) is 0.600. The first kappa shape index (κ1) is 28.8. The quantitative estimate of drug-likeness (QED) is 0.356. The predicted molar refractivity (Wildman–Crippen MR) is 164 cm³/mol. The Labute approximate surface area is 238 Å². The molecule has 0 aliphatic carbocycles. The molecular formula is C30H45N5O2S2. The number of nitrogens with one attached hydrogen (secondary N) is 1. The van der Waals surface area contributed by atoms with Gasteiger partial charge in [-0.3, -0.25) is 0 Å². The fourth-order valence-electron chi connectivity index (χ4n) is 6.49. The largest absolute Gasteiger partial charge is 0.361 e. The standard InChI is InChI=1S/C30H45N5O2S2/c1-5-39(36,37)35-10-7-23(8-11-35)29-16-32-30-25(15-31)12-24(14-28(29)30)26-13-27(38-20-26)19-33(4)17-22-6-9-34(18-22)21(2)3/h12-14,16,20-23,32H,5-11,15,17-19,31H2,1-4H3. The summed E-state index contributed by atoms with van der Waals surface area (Å²) in [7, 11) is -0.875. The summed E-state index contributed by atoms with van der Waals surface area (Å²) in [4.78, 5) is 9.96. The molecule has 0 radical (unpaired) electrons. The zero-order chi connectivity index (χ0) is 27.7. The average molecular weight is 572 g/mol. The van der Waals surface area contributed by atoms with Crippen molar-refractivity contribution in [2.24, 2.45) is 11.7 Å². The first-order valence-corrected chi connectivity index (χ1v) is 17.0. The molecular weight excluding hydrogens is 526 g/mol. The van der Waals surface area contributed by atoms with Gasteiger partial charge in [0.15, 0.2) is 0 Å². The van der Waals surface area contributed by atoms with Crippen LogP contribution in [-0.2, 0) is 23.1 Å². The minimum atomic E-state index is -3.12. The molecule has 1 aromatic carbocycles. The van der Waals surface area contributed by atoms with E-state index in [0.717, 1.165) is 42.9 Å². The van der Waals surface area contributed by atoms with Gasteiger partial charge in [0.1, 0.15) is 0 Å². The Balaban J connectivity index is 1.30. The van der Waals surface area contributed by atoms with Gasteiger partial charge in [0.05, 0.1) is 11.3 Å². The molecule has 39 heavy (non-hydrogen) atoms. The van der Waals surface area contributed by atoms with Gasteiger partial charge in [0.25, 0.3) is 0 Å². The maximum absolute atomic E-state index is 12.3. The van der Waals surface area contributed by atoms with Crippen LogP contribution in [0.2, 0.25) is 0 Å². The number of fused-ring (bicyclic) bond motifs is 1. The van der Waals surface area contributed by atoms with Gasteiger partial charge in [0.2, 0.25) is 10.0 Å². The van der Waals surface area contributed by atoms with E-state index in [0.29, 0.717) is 31.6 Å². The maximum atomic E-state index is 12.3. The van der Waals surface area contributed by atoms with E-state index >= 15 is 0 Å². The summed E-state index contributed by atoms with van der Waals surface area (Å²) >= 11 is 1.84. The summed E-state index contributed by atoms with van der Waals surface area (Å²) in [5, 5.41) is 3.51. The highest BCUT2D eigenvalue weighted by molar-refractivity contribution is 7.89. The van der Waals surface area contributed by atoms with Gasteiger partial charge >= 0.3 is 0 Å². The monoisotopic (exact) mass is 571 g/mol. The van der Waals surface area contributed by atoms with Gasteiger partial charge in [-0.2, -0.15) is 0 Å². The van der Waals surface area contributed by atoms with Crippen LogP contribution >= 0.6 is 11.3 Å². The van der Waals surface area contributed by atoms with Crippen LogP contribution in [0.3, 0.4) is 0 Å². The van der Waals surface area contributed by atoms with Gasteiger partial charge < -0.3 is 20.5 Å². The number of hydrogen-bond acceptors (Lipinski definition) is 6. The van der Waals surface area contributed by atoms with Crippen LogP contribution in [0.15, 0.2) is 29.8 Å². The Hall–Kier alpha value is -1.75. The fourth-order valence-corrected chi connectivity index (χ4v) is 8.59. The number of thiophene rings is 1. The molecule has 2 fully saturated rings. The average Bonchev–Trinajstić information content (AvgIpc) is 3.68. The van der Waals surface area contributed by atoms with Crippen LogP contribution in [0.1, 0.15) is 62.0 Å². The van der Waals surface area contributed by atoms with Gasteiger partial charge in [-0.1, -0.05) is 0 Å². The summed E-state index contributed by atoms with van der Waals surface area (Å²) in [6.45, 7) is 12.5. The van der Waals surface area contributed by atoms with Crippen molar-refractivity contribution in [3.63, 3.8) is 0 Å². The van der Waals surface area contributed by atoms with Crippen LogP contribution in [0, 0.1) is 5.92 Å². The molecule has 9 heteroatoms. The molecule has 3 aromatic rings. The summed E-state index contributed by atoms with van der Waals surface area (Å²) in [5.74, 6) is 1.27. The molecule has 5 rings (SSSR count). The number of aromatic amines is 1. The molecule has 7 nitrogen and oxygen atoms in total. The summed E-state index contributed by atoms with van der Waals surface area (Å²) in [6, 6.07) is 7.52. The number of likely N-dealkylation sites (tertiary alicyclic amines) is 1. The van der Waals surface area contributed by atoms with E-state index in [9.17, 15) is 8.42 Å². The van der Waals surface area contributed by atoms with E-state index in [1.165, 1.54) is 46.5 Å². The van der Waals surface area contributed by atoms with Gasteiger partial charge in [0, 0.05) is 61.8 Å². The summed E-state index contributed by atoms with van der Waals surface area (Å²) in [6.07, 6.45) is 5.12. The smallest absolute Gasteiger partial charge is 0.213 e. The van der Waals surface area contributed by atoms with E-state index < -0.39 is 10.0 Å². The van der Waals surface area contributed by atoms with Gasteiger partial charge in [-0.25, -0.2) is 12.7 Å².